The van der Waals surface area contributed by atoms with Crippen LogP contribution < -0.4 is 0 Å². The summed E-state index contributed by atoms with van der Waals surface area (Å²) in [5.41, 5.74) is 10.2. The van der Waals surface area contributed by atoms with Crippen LogP contribution in [0.2, 0.25) is 0 Å². The number of nitrogens with zero attached hydrogens (tertiary/aromatic N) is 10. The van der Waals surface area contributed by atoms with Gasteiger partial charge in [0.25, 0.3) is 0 Å². The van der Waals surface area contributed by atoms with Crippen molar-refractivity contribution in [1.82, 2.24) is 50.3 Å². The van der Waals surface area contributed by atoms with E-state index in [1.54, 1.807) is 64.1 Å². The standard InChI is InChI=1S/2C11H12N2.C10H11NO.C10H11NS.C6H9NO.2C4H10.C3H3NS.C2H2N2S.7C2H6/c1-8(2)11-12-7-9-5-3-4-6-10(9)13-11;1-8(2)11-10-6-4-3-5-9(10)7-12-13-11;2*1-7(2)10-11-8-5-3-4-6-9(8)12-10;1-5(2)6-7-3-4-8-6;2*1-4(2)3;1-2-5-3-4-1;1-3-4-2-5-1;7*1-2/h2*3-8H,1-2H3;2*3-7H,1-2H3;3-5H,1-2H3;2*4H,1-3H3;1-3H;1-2H;7*1-2H3. The van der Waals surface area contributed by atoms with Crippen LogP contribution in [0.25, 0.3) is 43.0 Å². The van der Waals surface area contributed by atoms with Gasteiger partial charge in [-0.15, -0.1) is 44.2 Å². The molecule has 11 rings (SSSR count). The van der Waals surface area contributed by atoms with Gasteiger partial charge in [0.1, 0.15) is 28.6 Å². The lowest BCUT2D eigenvalue weighted by Gasteiger charge is -2.06. The molecule has 0 aliphatic rings. The van der Waals surface area contributed by atoms with Crippen molar-refractivity contribution in [2.24, 2.45) is 11.8 Å². The predicted octanol–water partition coefficient (Wildman–Crippen LogP) is 25.9. The van der Waals surface area contributed by atoms with Crippen LogP contribution in [0, 0.1) is 11.8 Å². The second kappa shape index (κ2) is 62.5. The summed E-state index contributed by atoms with van der Waals surface area (Å²) in [5, 5.41) is 21.8. The average molecular weight is 1290 g/mol. The van der Waals surface area contributed by atoms with E-state index in [0.717, 1.165) is 62.7 Å². The fourth-order valence-corrected chi connectivity index (χ4v) is 7.44. The van der Waals surface area contributed by atoms with Gasteiger partial charge < -0.3 is 8.83 Å². The number of hydrogen-bond donors (Lipinski definition) is 0. The Hall–Kier alpha value is -6.68. The lowest BCUT2D eigenvalue weighted by atomic mass is 10.0. The number of aromatic nitrogens is 10. The third-order valence-electron chi connectivity index (χ3n) is 9.35. The zero-order chi connectivity index (χ0) is 69.8. The summed E-state index contributed by atoms with van der Waals surface area (Å²) in [4.78, 5) is 25.3. The maximum atomic E-state index is 5.52. The number of benzene rings is 4. The van der Waals surface area contributed by atoms with Crippen LogP contribution in [0.1, 0.15) is 266 Å². The molecule has 4 aromatic carbocycles. The van der Waals surface area contributed by atoms with E-state index in [1.807, 2.05) is 189 Å². The minimum atomic E-state index is 0.359. The molecule has 11 aromatic rings. The van der Waals surface area contributed by atoms with Gasteiger partial charge in [-0.25, -0.2) is 24.9 Å². The fourth-order valence-electron chi connectivity index (χ4n) is 5.85. The normalized spacial score (nSPS) is 9.26. The molecule has 15 heteroatoms. The molecule has 0 spiro atoms. The van der Waals surface area contributed by atoms with E-state index in [0.29, 0.717) is 29.6 Å². The quantitative estimate of drug-likeness (QED) is 0.161. The molecule has 0 bridgehead atoms. The topological polar surface area (TPSA) is 155 Å². The number of rotatable bonds is 5. The maximum absolute atomic E-state index is 5.52. The van der Waals surface area contributed by atoms with Crippen molar-refractivity contribution in [3.05, 3.63) is 178 Å². The lowest BCUT2D eigenvalue weighted by Crippen LogP contribution is -1.96. The van der Waals surface area contributed by atoms with Gasteiger partial charge in [-0.1, -0.05) is 274 Å². The minimum Gasteiger partial charge on any atom is -0.449 e. The Morgan fingerprint density at radius 2 is 0.900 bits per heavy atom. The molecule has 0 fully saturated rings. The third kappa shape index (κ3) is 43.9. The molecular weight excluding hydrogens is 1170 g/mol. The molecular formula is C75H122N10O2S3. The average Bonchev–Trinajstić information content (AvgIpc) is 2.49. The zero-order valence-electron chi connectivity index (χ0n) is 61.5. The van der Waals surface area contributed by atoms with Crippen molar-refractivity contribution in [3.8, 4) is 0 Å². The number of fused-ring (bicyclic) bond motifs is 4. The molecule has 12 nitrogen and oxygen atoms in total. The number of thiazole rings is 2. The number of para-hydroxylation sites is 4. The van der Waals surface area contributed by atoms with Crippen LogP contribution in [0.3, 0.4) is 0 Å². The molecule has 0 saturated heterocycles. The van der Waals surface area contributed by atoms with Crippen LogP contribution in [-0.4, -0.2) is 50.3 Å². The highest BCUT2D eigenvalue weighted by atomic mass is 32.1. The zero-order valence-corrected chi connectivity index (χ0v) is 63.9. The number of hydrogen-bond acceptors (Lipinski definition) is 15. The Labute approximate surface area is 560 Å². The van der Waals surface area contributed by atoms with Gasteiger partial charge in [0.15, 0.2) is 17.4 Å². The lowest BCUT2D eigenvalue weighted by molar-refractivity contribution is 0.471. The highest BCUT2D eigenvalue weighted by Gasteiger charge is 2.09. The molecule has 0 unspecified atom stereocenters. The van der Waals surface area contributed by atoms with Crippen molar-refractivity contribution in [1.29, 1.82) is 0 Å². The number of oxazole rings is 2. The first-order chi connectivity index (χ1) is 43.4. The second-order valence-electron chi connectivity index (χ2n) is 20.0. The fraction of sp³-hybridized carbons (Fsp3) is 0.493. The molecule has 0 atom stereocenters. The molecule has 0 aliphatic heterocycles. The van der Waals surface area contributed by atoms with E-state index in [1.165, 1.54) is 31.8 Å². The van der Waals surface area contributed by atoms with Crippen LogP contribution in [0.15, 0.2) is 159 Å². The maximum Gasteiger partial charge on any atom is 0.198 e. The van der Waals surface area contributed by atoms with Gasteiger partial charge in [0.05, 0.1) is 44.3 Å². The SMILES string of the molecule is CC.CC.CC.CC.CC.CC.CC.CC(C)C.CC(C)C.CC(C)c1nc2ccccc2o1.CC(C)c1nc2ccccc2s1.CC(C)c1ncc2ccccc2n1.CC(C)c1ncco1.CC(C)c1nncc2ccccc12.c1cscn1.c1nncs1. The van der Waals surface area contributed by atoms with E-state index in [4.69, 9.17) is 8.83 Å². The molecule has 7 aromatic heterocycles. The van der Waals surface area contributed by atoms with Gasteiger partial charge in [-0.2, -0.15) is 10.2 Å². The Bertz CT molecular complexity index is 2920. The molecule has 0 amide bonds. The Morgan fingerprint density at radius 1 is 0.400 bits per heavy atom. The van der Waals surface area contributed by atoms with Gasteiger partial charge in [-0.05, 0) is 48.1 Å². The van der Waals surface area contributed by atoms with E-state index >= 15 is 0 Å². The third-order valence-corrected chi connectivity index (χ3v) is 11.6. The molecule has 0 radical (unpaired) electrons. The van der Waals surface area contributed by atoms with Crippen molar-refractivity contribution < 1.29 is 8.83 Å². The first-order valence-corrected chi connectivity index (χ1v) is 35.6. The van der Waals surface area contributed by atoms with E-state index in [2.05, 4.69) is 178 Å². The predicted molar refractivity (Wildman–Crippen MR) is 402 cm³/mol. The summed E-state index contributed by atoms with van der Waals surface area (Å²) in [5.74, 6) is 6.34. The summed E-state index contributed by atoms with van der Waals surface area (Å²) >= 11 is 4.89. The summed E-state index contributed by atoms with van der Waals surface area (Å²) in [6.45, 7) is 62.1. The van der Waals surface area contributed by atoms with Crippen LogP contribution >= 0.6 is 34.0 Å². The molecule has 7 heterocycles. The summed E-state index contributed by atoms with van der Waals surface area (Å²) in [7, 11) is 0. The van der Waals surface area contributed by atoms with Crippen molar-refractivity contribution in [2.75, 3.05) is 0 Å². The molecule has 0 aliphatic carbocycles. The van der Waals surface area contributed by atoms with Crippen LogP contribution in [-0.2, 0) is 0 Å². The summed E-state index contributed by atoms with van der Waals surface area (Å²) in [6.07, 6.45) is 8.72. The highest BCUT2D eigenvalue weighted by molar-refractivity contribution is 7.18. The van der Waals surface area contributed by atoms with Gasteiger partial charge in [-0.3, -0.25) is 4.98 Å². The van der Waals surface area contributed by atoms with Gasteiger partial charge >= 0.3 is 0 Å². The Kier molecular flexibility index (Phi) is 63.9. The van der Waals surface area contributed by atoms with E-state index < -0.39 is 0 Å². The molecule has 0 N–H and O–H groups in total. The van der Waals surface area contributed by atoms with Crippen molar-refractivity contribution >= 4 is 77.0 Å². The van der Waals surface area contributed by atoms with Gasteiger partial charge in [0, 0.05) is 57.6 Å². The summed E-state index contributed by atoms with van der Waals surface area (Å²) < 4.78 is 11.8. The Balaban J connectivity index is -0.000000301. The van der Waals surface area contributed by atoms with Crippen molar-refractivity contribution in [3.63, 3.8) is 0 Å². The van der Waals surface area contributed by atoms with Gasteiger partial charge in [0.2, 0.25) is 0 Å². The van der Waals surface area contributed by atoms with E-state index in [-0.39, 0.29) is 0 Å². The largest absolute Gasteiger partial charge is 0.449 e. The van der Waals surface area contributed by atoms with Crippen molar-refractivity contribution in [2.45, 2.75) is 237 Å². The Morgan fingerprint density at radius 3 is 1.31 bits per heavy atom. The highest BCUT2D eigenvalue weighted by Crippen LogP contribution is 2.27. The molecule has 90 heavy (non-hydrogen) atoms. The van der Waals surface area contributed by atoms with E-state index in [9.17, 15) is 0 Å². The monoisotopic (exact) mass is 1290 g/mol. The molecule has 0 saturated carbocycles. The van der Waals surface area contributed by atoms with Crippen LogP contribution in [0.4, 0.5) is 0 Å². The second-order valence-corrected chi connectivity index (χ2v) is 22.5. The van der Waals surface area contributed by atoms with Crippen LogP contribution in [0.5, 0.6) is 0 Å². The first kappa shape index (κ1) is 92.0. The first-order valence-electron chi connectivity index (χ1n) is 32.9. The minimum absolute atomic E-state index is 0.359. The molecule has 502 valence electrons. The summed E-state index contributed by atoms with van der Waals surface area (Å²) in [6, 6.07) is 32.4. The smallest absolute Gasteiger partial charge is 0.198 e.